The number of rotatable bonds is 4. The second-order valence-electron chi connectivity index (χ2n) is 7.99. The molecule has 5 rings (SSSR count). The van der Waals surface area contributed by atoms with E-state index < -0.39 is 0 Å². The van der Waals surface area contributed by atoms with Crippen LogP contribution in [0, 0.1) is 12.3 Å². The first-order chi connectivity index (χ1) is 14.7. The number of benzene rings is 2. The zero-order chi connectivity index (χ0) is 20.8. The number of imidazole rings is 1. The number of nitrogens with zero attached hydrogens (tertiary/aromatic N) is 2. The van der Waals surface area contributed by atoms with Crippen LogP contribution in [0.4, 0.5) is 0 Å². The number of hydrogen-bond acceptors (Lipinski definition) is 4. The van der Waals surface area contributed by atoms with Gasteiger partial charge in [-0.05, 0) is 57.6 Å². The Morgan fingerprint density at radius 2 is 1.77 bits per heavy atom. The van der Waals surface area contributed by atoms with E-state index in [2.05, 4.69) is 28.2 Å². The molecule has 2 N–H and O–H groups in total. The minimum Gasteiger partial charge on any atom is -0.362 e. The number of terminal acetylenes is 1. The van der Waals surface area contributed by atoms with Crippen molar-refractivity contribution >= 4 is 11.0 Å². The van der Waals surface area contributed by atoms with Crippen molar-refractivity contribution in [3.8, 4) is 12.3 Å². The molecule has 3 aromatic rings. The standard InChI is InChI=1S/C22H23N3O.C3H7N/c1-3-16-8-4-5-9-18(16)21(26-17-12-14-25(2)15-13-17)22-23-19-10-6-7-11-20(19)24-22;1-2-4-3-1/h1,4-11,17,21H,12-15H2,2H3,(H,23,24);4H,1-3H2. The summed E-state index contributed by atoms with van der Waals surface area (Å²) in [5.41, 5.74) is 3.80. The molecule has 2 aromatic carbocycles. The Bertz CT molecular complexity index is 957. The molecule has 0 bridgehead atoms. The van der Waals surface area contributed by atoms with E-state index in [1.54, 1.807) is 0 Å². The molecular formula is C25H30N4O. The number of ether oxygens (including phenoxy) is 1. The summed E-state index contributed by atoms with van der Waals surface area (Å²) >= 11 is 0. The second kappa shape index (κ2) is 9.90. The molecule has 0 saturated carbocycles. The molecular weight excluding hydrogens is 372 g/mol. The van der Waals surface area contributed by atoms with Crippen LogP contribution in [0.1, 0.15) is 42.3 Å². The molecule has 30 heavy (non-hydrogen) atoms. The predicted molar refractivity (Wildman–Crippen MR) is 121 cm³/mol. The highest BCUT2D eigenvalue weighted by Gasteiger charge is 2.27. The average Bonchev–Trinajstić information content (AvgIpc) is 3.16. The summed E-state index contributed by atoms with van der Waals surface area (Å²) in [4.78, 5) is 10.6. The number of piperidine rings is 1. The van der Waals surface area contributed by atoms with Gasteiger partial charge in [-0.2, -0.15) is 0 Å². The summed E-state index contributed by atoms with van der Waals surface area (Å²) in [5.74, 6) is 3.61. The van der Waals surface area contributed by atoms with Crippen LogP contribution in [-0.4, -0.2) is 54.2 Å². The Labute approximate surface area is 178 Å². The van der Waals surface area contributed by atoms with Gasteiger partial charge in [0.25, 0.3) is 0 Å². The van der Waals surface area contributed by atoms with Crippen molar-refractivity contribution in [1.82, 2.24) is 20.2 Å². The van der Waals surface area contributed by atoms with E-state index in [0.717, 1.165) is 53.9 Å². The fourth-order valence-electron chi connectivity index (χ4n) is 3.73. The zero-order valence-electron chi connectivity index (χ0n) is 17.6. The molecule has 0 aliphatic carbocycles. The highest BCUT2D eigenvalue weighted by atomic mass is 16.5. The molecule has 5 heteroatoms. The van der Waals surface area contributed by atoms with Crippen molar-refractivity contribution in [3.63, 3.8) is 0 Å². The third-order valence-electron chi connectivity index (χ3n) is 5.76. The summed E-state index contributed by atoms with van der Waals surface area (Å²) in [6.45, 7) is 4.60. The largest absolute Gasteiger partial charge is 0.362 e. The van der Waals surface area contributed by atoms with Crippen LogP contribution in [0.3, 0.4) is 0 Å². The SMILES string of the molecule is C#Cc1ccccc1C(OC1CCN(C)CC1)c1nc2ccccc2[nH]1.C1CNC1. The van der Waals surface area contributed by atoms with Crippen LogP contribution in [0.2, 0.25) is 0 Å². The number of aromatic nitrogens is 2. The van der Waals surface area contributed by atoms with Crippen molar-refractivity contribution < 1.29 is 4.74 Å². The fourth-order valence-corrected chi connectivity index (χ4v) is 3.73. The van der Waals surface area contributed by atoms with Crippen LogP contribution in [-0.2, 0) is 4.74 Å². The summed E-state index contributed by atoms with van der Waals surface area (Å²) in [6, 6.07) is 16.0. The number of aromatic amines is 1. The highest BCUT2D eigenvalue weighted by Crippen LogP contribution is 2.31. The summed E-state index contributed by atoms with van der Waals surface area (Å²) in [7, 11) is 2.15. The van der Waals surface area contributed by atoms with Crippen molar-refractivity contribution in [2.75, 3.05) is 33.2 Å². The first kappa shape index (κ1) is 20.6. The van der Waals surface area contributed by atoms with Gasteiger partial charge in [0.05, 0.1) is 17.1 Å². The van der Waals surface area contributed by atoms with Crippen LogP contribution in [0.5, 0.6) is 0 Å². The zero-order valence-corrected chi connectivity index (χ0v) is 17.6. The van der Waals surface area contributed by atoms with Gasteiger partial charge in [0, 0.05) is 24.2 Å². The molecule has 3 heterocycles. The van der Waals surface area contributed by atoms with Gasteiger partial charge in [0.2, 0.25) is 0 Å². The maximum Gasteiger partial charge on any atom is 0.142 e. The normalized spacial score (nSPS) is 18.1. The van der Waals surface area contributed by atoms with E-state index >= 15 is 0 Å². The fraction of sp³-hybridized carbons (Fsp3) is 0.400. The molecule has 2 aliphatic rings. The third-order valence-corrected chi connectivity index (χ3v) is 5.76. The maximum absolute atomic E-state index is 6.57. The van der Waals surface area contributed by atoms with Gasteiger partial charge in [-0.25, -0.2) is 4.98 Å². The molecule has 2 aliphatic heterocycles. The number of hydrogen-bond donors (Lipinski definition) is 2. The van der Waals surface area contributed by atoms with E-state index in [-0.39, 0.29) is 12.2 Å². The molecule has 2 fully saturated rings. The highest BCUT2D eigenvalue weighted by molar-refractivity contribution is 5.75. The van der Waals surface area contributed by atoms with Crippen molar-refractivity contribution in [1.29, 1.82) is 0 Å². The Hall–Kier alpha value is -2.65. The molecule has 5 nitrogen and oxygen atoms in total. The Kier molecular flexibility index (Phi) is 6.81. The van der Waals surface area contributed by atoms with Gasteiger partial charge in [0.1, 0.15) is 11.9 Å². The molecule has 1 unspecified atom stereocenters. The lowest BCUT2D eigenvalue weighted by Crippen LogP contribution is -2.35. The van der Waals surface area contributed by atoms with E-state index in [4.69, 9.17) is 16.1 Å². The van der Waals surface area contributed by atoms with Crippen LogP contribution in [0.25, 0.3) is 11.0 Å². The lowest BCUT2D eigenvalue weighted by atomic mass is 10.0. The number of H-pyrrole nitrogens is 1. The van der Waals surface area contributed by atoms with Crippen molar-refractivity contribution in [2.45, 2.75) is 31.5 Å². The van der Waals surface area contributed by atoms with Gasteiger partial charge in [0.15, 0.2) is 0 Å². The third kappa shape index (κ3) is 4.91. The Morgan fingerprint density at radius 1 is 1.10 bits per heavy atom. The molecule has 1 aromatic heterocycles. The van der Waals surface area contributed by atoms with E-state index in [1.807, 2.05) is 48.5 Å². The van der Waals surface area contributed by atoms with Gasteiger partial charge in [-0.1, -0.05) is 36.3 Å². The maximum atomic E-state index is 6.57. The quantitative estimate of drug-likeness (QED) is 0.653. The lowest BCUT2D eigenvalue weighted by Gasteiger charge is -2.31. The first-order valence-electron chi connectivity index (χ1n) is 10.8. The Morgan fingerprint density at radius 3 is 2.43 bits per heavy atom. The van der Waals surface area contributed by atoms with Crippen molar-refractivity contribution in [2.24, 2.45) is 0 Å². The summed E-state index contributed by atoms with van der Waals surface area (Å²) in [5, 5.41) is 3.11. The minimum atomic E-state index is -0.289. The monoisotopic (exact) mass is 402 g/mol. The van der Waals surface area contributed by atoms with Crippen molar-refractivity contribution in [3.05, 3.63) is 65.5 Å². The smallest absolute Gasteiger partial charge is 0.142 e. The van der Waals surface area contributed by atoms with E-state index in [0.29, 0.717) is 0 Å². The Balaban J connectivity index is 0.000000489. The average molecular weight is 403 g/mol. The van der Waals surface area contributed by atoms with Gasteiger partial charge in [-0.15, -0.1) is 6.42 Å². The predicted octanol–water partition coefficient (Wildman–Crippen LogP) is 3.72. The molecule has 156 valence electrons. The topological polar surface area (TPSA) is 53.2 Å². The van der Waals surface area contributed by atoms with Gasteiger partial charge >= 0.3 is 0 Å². The second-order valence-corrected chi connectivity index (χ2v) is 7.99. The summed E-state index contributed by atoms with van der Waals surface area (Å²) < 4.78 is 6.57. The van der Waals surface area contributed by atoms with Crippen LogP contribution in [0.15, 0.2) is 48.5 Å². The van der Waals surface area contributed by atoms with Crippen LogP contribution >= 0.6 is 0 Å². The summed E-state index contributed by atoms with van der Waals surface area (Å²) in [6.07, 6.45) is 9.09. The minimum absolute atomic E-state index is 0.204. The van der Waals surface area contributed by atoms with E-state index in [1.165, 1.54) is 19.5 Å². The molecule has 0 amide bonds. The first-order valence-corrected chi connectivity index (χ1v) is 10.8. The molecule has 0 radical (unpaired) electrons. The number of para-hydroxylation sites is 2. The molecule has 2 saturated heterocycles. The lowest BCUT2D eigenvalue weighted by molar-refractivity contribution is -0.0265. The van der Waals surface area contributed by atoms with E-state index in [9.17, 15) is 0 Å². The number of nitrogens with one attached hydrogen (secondary N) is 2. The van der Waals surface area contributed by atoms with Crippen LogP contribution < -0.4 is 5.32 Å². The molecule has 0 spiro atoms. The molecule has 1 atom stereocenters. The van der Waals surface area contributed by atoms with Gasteiger partial charge in [-0.3, -0.25) is 0 Å². The van der Waals surface area contributed by atoms with Gasteiger partial charge < -0.3 is 19.9 Å². The number of fused-ring (bicyclic) bond motifs is 1. The number of likely N-dealkylation sites (tertiary alicyclic amines) is 1.